The Labute approximate surface area is 199 Å². The summed E-state index contributed by atoms with van der Waals surface area (Å²) < 4.78 is 46.4. The van der Waals surface area contributed by atoms with E-state index in [0.29, 0.717) is 24.5 Å². The number of ether oxygens (including phenoxy) is 1. The summed E-state index contributed by atoms with van der Waals surface area (Å²) in [5.41, 5.74) is 0.617. The smallest absolute Gasteiger partial charge is 0.252 e. The lowest BCUT2D eigenvalue weighted by atomic mass is 9.80. The van der Waals surface area contributed by atoms with Gasteiger partial charge in [-0.25, -0.2) is 13.2 Å². The average molecular weight is 475 g/mol. The molecule has 0 radical (unpaired) electrons. The lowest BCUT2D eigenvalue weighted by Crippen LogP contribution is -2.58. The lowest BCUT2D eigenvalue weighted by molar-refractivity contribution is -0.170. The number of halogens is 3. The summed E-state index contributed by atoms with van der Waals surface area (Å²) in [4.78, 5) is 15.6. The molecule has 184 valence electrons. The minimum atomic E-state index is -0.950. The van der Waals surface area contributed by atoms with Crippen LogP contribution in [0.3, 0.4) is 0 Å². The fraction of sp³-hybridized carbons (Fsp3) is 0.519. The Morgan fingerprint density at radius 3 is 2.24 bits per heavy atom. The second kappa shape index (κ2) is 10.5. The van der Waals surface area contributed by atoms with E-state index in [4.69, 9.17) is 4.74 Å². The summed E-state index contributed by atoms with van der Waals surface area (Å²) in [6.07, 6.45) is 3.47. The second-order valence-electron chi connectivity index (χ2n) is 9.87. The molecular formula is C27H33F3N2O2. The molecule has 0 bridgehead atoms. The van der Waals surface area contributed by atoms with Crippen LogP contribution in [0, 0.1) is 23.4 Å². The summed E-state index contributed by atoms with van der Waals surface area (Å²) in [7, 11) is 0. The van der Waals surface area contributed by atoms with Gasteiger partial charge < -0.3 is 10.1 Å². The van der Waals surface area contributed by atoms with Gasteiger partial charge in [-0.05, 0) is 86.0 Å². The van der Waals surface area contributed by atoms with Crippen LogP contribution in [0.15, 0.2) is 42.5 Å². The molecule has 4 rings (SSSR count). The number of rotatable bonds is 6. The molecular weight excluding hydrogens is 441 g/mol. The first-order valence-corrected chi connectivity index (χ1v) is 12.1. The second-order valence-corrected chi connectivity index (χ2v) is 9.87. The van der Waals surface area contributed by atoms with Gasteiger partial charge in [-0.15, -0.1) is 0 Å². The molecule has 2 saturated heterocycles. The number of amides is 1. The van der Waals surface area contributed by atoms with Gasteiger partial charge >= 0.3 is 0 Å². The molecule has 0 saturated carbocycles. The standard InChI is InChI=1S/C27H33F3N2O2/c1-18(2)27(26(33)31-16-19-13-23(29)15-24(30)14-19)10-7-25(17-34-27)32-11-8-21(9-12-32)20-3-5-22(28)6-4-20/h3-6,13-15,18,21,25H,7-12,16-17H2,1-2H3,(H,31,33)/t25-,27+/m1/s1. The van der Waals surface area contributed by atoms with Crippen LogP contribution < -0.4 is 5.32 Å². The van der Waals surface area contributed by atoms with Gasteiger partial charge in [0.25, 0.3) is 5.91 Å². The Hall–Kier alpha value is -2.38. The van der Waals surface area contributed by atoms with E-state index in [1.807, 2.05) is 26.0 Å². The van der Waals surface area contributed by atoms with E-state index in [1.54, 1.807) is 0 Å². The van der Waals surface area contributed by atoms with Crippen LogP contribution in [0.2, 0.25) is 0 Å². The van der Waals surface area contributed by atoms with Crippen LogP contribution in [0.4, 0.5) is 13.2 Å². The van der Waals surface area contributed by atoms with Crippen LogP contribution in [-0.4, -0.2) is 42.1 Å². The molecule has 2 atom stereocenters. The summed E-state index contributed by atoms with van der Waals surface area (Å²) in [5.74, 6) is -1.37. The van der Waals surface area contributed by atoms with Crippen LogP contribution in [-0.2, 0) is 16.1 Å². The van der Waals surface area contributed by atoms with E-state index >= 15 is 0 Å². The predicted molar refractivity (Wildman–Crippen MR) is 125 cm³/mol. The van der Waals surface area contributed by atoms with Crippen molar-refractivity contribution in [3.8, 4) is 0 Å². The van der Waals surface area contributed by atoms with Gasteiger partial charge in [0.2, 0.25) is 0 Å². The molecule has 2 fully saturated rings. The van der Waals surface area contributed by atoms with Gasteiger partial charge in [0, 0.05) is 18.7 Å². The first kappa shape index (κ1) is 24.7. The molecule has 2 aromatic carbocycles. The van der Waals surface area contributed by atoms with Crippen LogP contribution in [0.5, 0.6) is 0 Å². The fourth-order valence-electron chi connectivity index (χ4n) is 5.34. The van der Waals surface area contributed by atoms with Gasteiger partial charge in [-0.1, -0.05) is 26.0 Å². The van der Waals surface area contributed by atoms with E-state index in [-0.39, 0.29) is 30.2 Å². The van der Waals surface area contributed by atoms with Crippen molar-refractivity contribution in [1.82, 2.24) is 10.2 Å². The molecule has 0 aromatic heterocycles. The van der Waals surface area contributed by atoms with E-state index < -0.39 is 17.2 Å². The highest BCUT2D eigenvalue weighted by atomic mass is 19.1. The summed E-state index contributed by atoms with van der Waals surface area (Å²) >= 11 is 0. The zero-order valence-electron chi connectivity index (χ0n) is 19.8. The van der Waals surface area contributed by atoms with Crippen molar-refractivity contribution >= 4 is 5.91 Å². The van der Waals surface area contributed by atoms with Crippen LogP contribution in [0.25, 0.3) is 0 Å². The topological polar surface area (TPSA) is 41.6 Å². The van der Waals surface area contributed by atoms with E-state index in [2.05, 4.69) is 10.2 Å². The number of piperidine rings is 1. The van der Waals surface area contributed by atoms with Gasteiger partial charge in [-0.2, -0.15) is 0 Å². The minimum Gasteiger partial charge on any atom is -0.363 e. The van der Waals surface area contributed by atoms with Crippen molar-refractivity contribution in [3.05, 3.63) is 71.0 Å². The Morgan fingerprint density at radius 1 is 1.03 bits per heavy atom. The molecule has 1 amide bonds. The maximum Gasteiger partial charge on any atom is 0.252 e. The Morgan fingerprint density at radius 2 is 1.68 bits per heavy atom. The number of likely N-dealkylation sites (tertiary alicyclic amines) is 1. The van der Waals surface area contributed by atoms with Crippen molar-refractivity contribution in [2.75, 3.05) is 19.7 Å². The van der Waals surface area contributed by atoms with Gasteiger partial charge in [-0.3, -0.25) is 9.69 Å². The molecule has 0 aliphatic carbocycles. The number of hydrogen-bond donors (Lipinski definition) is 1. The van der Waals surface area contributed by atoms with Crippen molar-refractivity contribution in [3.63, 3.8) is 0 Å². The summed E-state index contributed by atoms with van der Waals surface area (Å²) in [6, 6.07) is 10.3. The van der Waals surface area contributed by atoms with Gasteiger partial charge in [0.15, 0.2) is 0 Å². The van der Waals surface area contributed by atoms with E-state index in [0.717, 1.165) is 38.4 Å². The number of nitrogens with one attached hydrogen (secondary N) is 1. The Bertz CT molecular complexity index is 960. The number of carbonyl (C=O) groups is 1. The molecule has 0 spiro atoms. The SMILES string of the molecule is CC(C)[C@]1(C(=O)NCc2cc(F)cc(F)c2)CC[C@@H](N2CCC(c3ccc(F)cc3)CC2)CO1. The van der Waals surface area contributed by atoms with Crippen molar-refractivity contribution in [1.29, 1.82) is 0 Å². The molecule has 2 heterocycles. The zero-order valence-corrected chi connectivity index (χ0v) is 19.8. The number of hydrogen-bond acceptors (Lipinski definition) is 3. The molecule has 4 nitrogen and oxygen atoms in total. The highest BCUT2D eigenvalue weighted by Crippen LogP contribution is 2.36. The van der Waals surface area contributed by atoms with Crippen LogP contribution >= 0.6 is 0 Å². The Balaban J connectivity index is 1.31. The van der Waals surface area contributed by atoms with Crippen molar-refractivity contribution in [2.45, 2.75) is 63.6 Å². The molecule has 0 unspecified atom stereocenters. The first-order valence-electron chi connectivity index (χ1n) is 12.1. The monoisotopic (exact) mass is 474 g/mol. The van der Waals surface area contributed by atoms with Crippen molar-refractivity contribution < 1.29 is 22.7 Å². The maximum atomic E-state index is 13.5. The zero-order chi connectivity index (χ0) is 24.3. The maximum absolute atomic E-state index is 13.5. The third kappa shape index (κ3) is 5.47. The molecule has 7 heteroatoms. The van der Waals surface area contributed by atoms with Gasteiger partial charge in [0.1, 0.15) is 23.1 Å². The quantitative estimate of drug-likeness (QED) is 0.628. The highest BCUT2D eigenvalue weighted by Gasteiger charge is 2.46. The number of nitrogens with zero attached hydrogens (tertiary/aromatic N) is 1. The molecule has 34 heavy (non-hydrogen) atoms. The summed E-state index contributed by atoms with van der Waals surface area (Å²) in [5, 5.41) is 2.83. The first-order chi connectivity index (χ1) is 16.3. The molecule has 2 aromatic rings. The highest BCUT2D eigenvalue weighted by molar-refractivity contribution is 5.85. The molecule has 2 aliphatic rings. The van der Waals surface area contributed by atoms with Crippen LogP contribution in [0.1, 0.15) is 56.6 Å². The number of carbonyl (C=O) groups excluding carboxylic acids is 1. The fourth-order valence-corrected chi connectivity index (χ4v) is 5.34. The normalized spacial score (nSPS) is 24.4. The molecule has 1 N–H and O–H groups in total. The minimum absolute atomic E-state index is 0.0399. The largest absolute Gasteiger partial charge is 0.363 e. The lowest BCUT2D eigenvalue weighted by Gasteiger charge is -2.46. The van der Waals surface area contributed by atoms with E-state index in [1.165, 1.54) is 29.8 Å². The average Bonchev–Trinajstić information content (AvgIpc) is 2.82. The van der Waals surface area contributed by atoms with Gasteiger partial charge in [0.05, 0.1) is 6.61 Å². The Kier molecular flexibility index (Phi) is 7.63. The predicted octanol–water partition coefficient (Wildman–Crippen LogP) is 5.17. The van der Waals surface area contributed by atoms with Crippen molar-refractivity contribution in [2.24, 2.45) is 5.92 Å². The third-order valence-corrected chi connectivity index (χ3v) is 7.46. The summed E-state index contributed by atoms with van der Waals surface area (Å²) in [6.45, 7) is 6.35. The molecule has 2 aliphatic heterocycles. The third-order valence-electron chi connectivity index (χ3n) is 7.46. The number of benzene rings is 2. The van der Waals surface area contributed by atoms with E-state index in [9.17, 15) is 18.0 Å².